The summed E-state index contributed by atoms with van der Waals surface area (Å²) in [5.74, 6) is -1.76. The molecule has 0 radical (unpaired) electrons. The van der Waals surface area contributed by atoms with Crippen molar-refractivity contribution in [2.45, 2.75) is 44.4 Å². The fourth-order valence-electron chi connectivity index (χ4n) is 2.31. The minimum absolute atomic E-state index is 0.208. The first-order chi connectivity index (χ1) is 6.67. The van der Waals surface area contributed by atoms with Gasteiger partial charge in [0.15, 0.2) is 0 Å². The highest BCUT2D eigenvalue weighted by atomic mass is 16.6. The first-order valence-electron chi connectivity index (χ1n) is 5.35. The number of carbonyl (C=O) groups excluding carboxylic acids is 1. The fraction of sp³-hybridized carbons (Fsp3) is 0.900. The number of fused-ring (bicyclic) bond motifs is 1. The van der Waals surface area contributed by atoms with Crippen LogP contribution in [0.15, 0.2) is 0 Å². The number of hydrogen-bond acceptors (Lipinski definition) is 3. The van der Waals surface area contributed by atoms with Gasteiger partial charge in [-0.05, 0) is 12.8 Å². The van der Waals surface area contributed by atoms with Gasteiger partial charge in [0.25, 0.3) is 5.91 Å². The molecule has 2 atom stereocenters. The SMILES string of the molecule is CCCC1(O)OC[C@@H]2CCCN2C1=O. The molecule has 14 heavy (non-hydrogen) atoms. The predicted octanol–water partition coefficient (Wildman–Crippen LogP) is 0.496. The van der Waals surface area contributed by atoms with Crippen molar-refractivity contribution in [3.05, 3.63) is 0 Å². The van der Waals surface area contributed by atoms with Crippen LogP contribution in [0, 0.1) is 0 Å². The average molecular weight is 199 g/mol. The third-order valence-corrected chi connectivity index (χ3v) is 3.08. The molecule has 0 aromatic heterocycles. The summed E-state index contributed by atoms with van der Waals surface area (Å²) in [6.07, 6.45) is 3.19. The van der Waals surface area contributed by atoms with Gasteiger partial charge in [-0.25, -0.2) is 0 Å². The minimum Gasteiger partial charge on any atom is -0.358 e. The molecule has 0 aromatic carbocycles. The van der Waals surface area contributed by atoms with Gasteiger partial charge in [-0.15, -0.1) is 0 Å². The highest BCUT2D eigenvalue weighted by Gasteiger charge is 2.47. The van der Waals surface area contributed by atoms with Crippen LogP contribution in [0.2, 0.25) is 0 Å². The summed E-state index contributed by atoms with van der Waals surface area (Å²) in [6.45, 7) is 3.20. The predicted molar refractivity (Wildman–Crippen MR) is 50.5 cm³/mol. The summed E-state index contributed by atoms with van der Waals surface area (Å²) in [4.78, 5) is 13.6. The van der Waals surface area contributed by atoms with Crippen LogP contribution in [0.4, 0.5) is 0 Å². The molecule has 4 nitrogen and oxygen atoms in total. The first kappa shape index (κ1) is 9.93. The average Bonchev–Trinajstić information content (AvgIpc) is 2.61. The lowest BCUT2D eigenvalue weighted by molar-refractivity contribution is -0.241. The van der Waals surface area contributed by atoms with E-state index < -0.39 is 5.79 Å². The Morgan fingerprint density at radius 2 is 2.50 bits per heavy atom. The minimum atomic E-state index is -1.53. The third-order valence-electron chi connectivity index (χ3n) is 3.08. The Kier molecular flexibility index (Phi) is 2.49. The van der Waals surface area contributed by atoms with E-state index in [2.05, 4.69) is 0 Å². The van der Waals surface area contributed by atoms with Gasteiger partial charge in [-0.1, -0.05) is 13.3 Å². The van der Waals surface area contributed by atoms with E-state index >= 15 is 0 Å². The number of carbonyl (C=O) groups is 1. The van der Waals surface area contributed by atoms with Gasteiger partial charge in [-0.2, -0.15) is 0 Å². The molecule has 2 heterocycles. The Hall–Kier alpha value is -0.610. The van der Waals surface area contributed by atoms with E-state index in [1.807, 2.05) is 6.92 Å². The molecule has 1 N–H and O–H groups in total. The van der Waals surface area contributed by atoms with E-state index in [0.29, 0.717) is 13.0 Å². The molecule has 0 aliphatic carbocycles. The third kappa shape index (κ3) is 1.42. The molecule has 2 saturated heterocycles. The molecule has 4 heteroatoms. The second kappa shape index (κ2) is 3.51. The van der Waals surface area contributed by atoms with E-state index in [1.54, 1.807) is 4.90 Å². The summed E-state index contributed by atoms with van der Waals surface area (Å²) in [6, 6.07) is 0.208. The molecule has 0 spiro atoms. The van der Waals surface area contributed by atoms with Gasteiger partial charge in [-0.3, -0.25) is 4.79 Å². The molecule has 2 aliphatic heterocycles. The maximum absolute atomic E-state index is 11.9. The number of nitrogens with zero attached hydrogens (tertiary/aromatic N) is 1. The second-order valence-electron chi connectivity index (χ2n) is 4.14. The first-order valence-corrected chi connectivity index (χ1v) is 5.35. The Bertz CT molecular complexity index is 244. The quantitative estimate of drug-likeness (QED) is 0.704. The number of hydrogen-bond donors (Lipinski definition) is 1. The van der Waals surface area contributed by atoms with Gasteiger partial charge in [0, 0.05) is 13.0 Å². The number of amides is 1. The van der Waals surface area contributed by atoms with E-state index in [-0.39, 0.29) is 11.9 Å². The molecule has 2 aliphatic rings. The van der Waals surface area contributed by atoms with Crippen molar-refractivity contribution in [3.8, 4) is 0 Å². The van der Waals surface area contributed by atoms with Gasteiger partial charge in [0.05, 0.1) is 12.6 Å². The van der Waals surface area contributed by atoms with Crippen molar-refractivity contribution in [1.29, 1.82) is 0 Å². The summed E-state index contributed by atoms with van der Waals surface area (Å²) in [5, 5.41) is 9.97. The highest BCUT2D eigenvalue weighted by Crippen LogP contribution is 2.30. The Labute approximate surface area is 83.8 Å². The molecule has 0 bridgehead atoms. The highest BCUT2D eigenvalue weighted by molar-refractivity contribution is 5.84. The second-order valence-corrected chi connectivity index (χ2v) is 4.14. The Morgan fingerprint density at radius 3 is 3.21 bits per heavy atom. The normalized spacial score (nSPS) is 37.4. The van der Waals surface area contributed by atoms with Crippen molar-refractivity contribution in [1.82, 2.24) is 4.90 Å². The van der Waals surface area contributed by atoms with Crippen molar-refractivity contribution in [3.63, 3.8) is 0 Å². The molecule has 0 saturated carbocycles. The smallest absolute Gasteiger partial charge is 0.283 e. The van der Waals surface area contributed by atoms with Gasteiger partial charge < -0.3 is 14.7 Å². The molecule has 2 fully saturated rings. The van der Waals surface area contributed by atoms with Crippen LogP contribution in [0.3, 0.4) is 0 Å². The standard InChI is InChI=1S/C10H17NO3/c1-2-5-10(13)9(12)11-6-3-4-8(11)7-14-10/h8,13H,2-7H2,1H3/t8-,10?/m0/s1. The lowest BCUT2D eigenvalue weighted by Gasteiger charge is -2.39. The van der Waals surface area contributed by atoms with Crippen LogP contribution in [0.5, 0.6) is 0 Å². The summed E-state index contributed by atoms with van der Waals surface area (Å²) in [7, 11) is 0. The number of morpholine rings is 1. The van der Waals surface area contributed by atoms with E-state index in [4.69, 9.17) is 4.74 Å². The molecule has 80 valence electrons. The fourth-order valence-corrected chi connectivity index (χ4v) is 2.31. The van der Waals surface area contributed by atoms with Gasteiger partial charge >= 0.3 is 0 Å². The molecule has 1 unspecified atom stereocenters. The lowest BCUT2D eigenvalue weighted by atomic mass is 10.1. The number of rotatable bonds is 2. The lowest BCUT2D eigenvalue weighted by Crippen LogP contribution is -2.58. The number of ether oxygens (including phenoxy) is 1. The van der Waals surface area contributed by atoms with Gasteiger partial charge in [0.2, 0.25) is 5.79 Å². The summed E-state index contributed by atoms with van der Waals surface area (Å²) in [5.41, 5.74) is 0. The maximum atomic E-state index is 11.9. The van der Waals surface area contributed by atoms with Crippen LogP contribution in [-0.4, -0.2) is 40.9 Å². The van der Waals surface area contributed by atoms with Crippen molar-refractivity contribution >= 4 is 5.91 Å². The van der Waals surface area contributed by atoms with Crippen LogP contribution in [0.1, 0.15) is 32.6 Å². The molecular formula is C10H17NO3. The van der Waals surface area contributed by atoms with Crippen molar-refractivity contribution in [2.75, 3.05) is 13.2 Å². The largest absolute Gasteiger partial charge is 0.358 e. The number of aliphatic hydroxyl groups is 1. The Balaban J connectivity index is 2.12. The topological polar surface area (TPSA) is 49.8 Å². The van der Waals surface area contributed by atoms with Crippen LogP contribution >= 0.6 is 0 Å². The molecule has 1 amide bonds. The zero-order chi connectivity index (χ0) is 10.2. The van der Waals surface area contributed by atoms with Crippen molar-refractivity contribution in [2.24, 2.45) is 0 Å². The zero-order valence-corrected chi connectivity index (χ0v) is 8.53. The Morgan fingerprint density at radius 1 is 1.71 bits per heavy atom. The van der Waals surface area contributed by atoms with E-state index in [0.717, 1.165) is 25.8 Å². The van der Waals surface area contributed by atoms with Gasteiger partial charge in [0.1, 0.15) is 0 Å². The van der Waals surface area contributed by atoms with E-state index in [1.165, 1.54) is 0 Å². The van der Waals surface area contributed by atoms with Crippen LogP contribution in [-0.2, 0) is 9.53 Å². The van der Waals surface area contributed by atoms with Crippen LogP contribution in [0.25, 0.3) is 0 Å². The zero-order valence-electron chi connectivity index (χ0n) is 8.53. The van der Waals surface area contributed by atoms with Crippen molar-refractivity contribution < 1.29 is 14.6 Å². The summed E-state index contributed by atoms with van der Waals surface area (Å²) < 4.78 is 5.30. The van der Waals surface area contributed by atoms with E-state index in [9.17, 15) is 9.90 Å². The summed E-state index contributed by atoms with van der Waals surface area (Å²) >= 11 is 0. The monoisotopic (exact) mass is 199 g/mol. The molecule has 0 aromatic rings. The maximum Gasteiger partial charge on any atom is 0.283 e. The molecular weight excluding hydrogens is 182 g/mol. The van der Waals surface area contributed by atoms with Crippen LogP contribution < -0.4 is 0 Å². The molecule has 2 rings (SSSR count).